The Morgan fingerprint density at radius 3 is 2.60 bits per heavy atom. The first-order valence-corrected chi connectivity index (χ1v) is 3.73. The Labute approximate surface area is 68.4 Å². The minimum atomic E-state index is -0.0788. The molecule has 3 heteroatoms. The van der Waals surface area contributed by atoms with E-state index in [0.29, 0.717) is 5.92 Å². The summed E-state index contributed by atoms with van der Waals surface area (Å²) in [6, 6.07) is 0. The molecule has 2 nitrogen and oxygen atoms in total. The van der Waals surface area contributed by atoms with Gasteiger partial charge in [-0.2, -0.15) is 0 Å². The fourth-order valence-corrected chi connectivity index (χ4v) is 1.38. The summed E-state index contributed by atoms with van der Waals surface area (Å²) in [6.07, 6.45) is 2.27. The van der Waals surface area contributed by atoms with E-state index >= 15 is 0 Å². The zero-order valence-electron chi connectivity index (χ0n) is 6.34. The Bertz CT molecular complexity index is 89.7. The highest BCUT2D eigenvalue weighted by Crippen LogP contribution is 2.14. The summed E-state index contributed by atoms with van der Waals surface area (Å²) in [5, 5.41) is 12.4. The number of β-amino-alcohol motifs (C(OH)–C–C–N with tert-alkyl or cyclic N) is 1. The van der Waals surface area contributed by atoms with Crippen LogP contribution < -0.4 is 5.32 Å². The van der Waals surface area contributed by atoms with E-state index in [0.717, 1.165) is 19.5 Å². The maximum atomic E-state index is 9.26. The van der Waals surface area contributed by atoms with E-state index in [1.165, 1.54) is 6.42 Å². The van der Waals surface area contributed by atoms with E-state index in [1.54, 1.807) is 0 Å². The van der Waals surface area contributed by atoms with E-state index in [1.807, 2.05) is 0 Å². The lowest BCUT2D eigenvalue weighted by atomic mass is 10.0. The molecule has 1 aliphatic rings. The molecule has 0 spiro atoms. The molecule has 0 aromatic rings. The zero-order valence-corrected chi connectivity index (χ0v) is 7.16. The molecule has 2 atom stereocenters. The van der Waals surface area contributed by atoms with E-state index in [4.69, 9.17) is 0 Å². The van der Waals surface area contributed by atoms with Crippen LogP contribution in [0.2, 0.25) is 0 Å². The van der Waals surface area contributed by atoms with Crippen LogP contribution in [-0.2, 0) is 0 Å². The molecule has 1 fully saturated rings. The Morgan fingerprint density at radius 1 is 1.50 bits per heavy atom. The Morgan fingerprint density at radius 2 is 2.20 bits per heavy atom. The van der Waals surface area contributed by atoms with Crippen molar-refractivity contribution in [2.24, 2.45) is 5.92 Å². The number of halogens is 1. The molecule has 0 amide bonds. The lowest BCUT2D eigenvalue weighted by molar-refractivity contribution is 0.142. The first-order chi connectivity index (χ1) is 4.34. The summed E-state index contributed by atoms with van der Waals surface area (Å²) in [6.45, 7) is 3.96. The normalized spacial score (nSPS) is 31.8. The van der Waals surface area contributed by atoms with Crippen LogP contribution in [-0.4, -0.2) is 24.3 Å². The van der Waals surface area contributed by atoms with Gasteiger partial charge in [-0.05, 0) is 12.3 Å². The highest BCUT2D eigenvalue weighted by atomic mass is 35.5. The summed E-state index contributed by atoms with van der Waals surface area (Å²) < 4.78 is 0. The number of hydrogen-bond acceptors (Lipinski definition) is 2. The second kappa shape index (κ2) is 4.94. The molecule has 0 bridgehead atoms. The molecule has 0 saturated carbocycles. The van der Waals surface area contributed by atoms with Crippen molar-refractivity contribution in [3.05, 3.63) is 0 Å². The molecular formula is C7H16ClNO. The number of rotatable bonds is 2. The van der Waals surface area contributed by atoms with Crippen molar-refractivity contribution in [2.45, 2.75) is 25.9 Å². The maximum absolute atomic E-state index is 9.26. The van der Waals surface area contributed by atoms with Crippen molar-refractivity contribution in [3.63, 3.8) is 0 Å². The summed E-state index contributed by atoms with van der Waals surface area (Å²) in [4.78, 5) is 0. The van der Waals surface area contributed by atoms with Crippen LogP contribution in [0.25, 0.3) is 0 Å². The molecule has 1 rings (SSSR count). The molecule has 1 saturated heterocycles. The van der Waals surface area contributed by atoms with Crippen molar-refractivity contribution in [1.29, 1.82) is 0 Å². The third-order valence-electron chi connectivity index (χ3n) is 1.96. The zero-order chi connectivity index (χ0) is 6.69. The van der Waals surface area contributed by atoms with Gasteiger partial charge in [-0.1, -0.05) is 13.3 Å². The predicted molar refractivity (Wildman–Crippen MR) is 44.5 cm³/mol. The molecule has 62 valence electrons. The van der Waals surface area contributed by atoms with Gasteiger partial charge in [-0.3, -0.25) is 0 Å². The molecule has 2 N–H and O–H groups in total. The molecule has 1 aliphatic heterocycles. The third-order valence-corrected chi connectivity index (χ3v) is 1.96. The van der Waals surface area contributed by atoms with Gasteiger partial charge in [-0.25, -0.2) is 0 Å². The average molecular weight is 166 g/mol. The summed E-state index contributed by atoms with van der Waals surface area (Å²) in [5.74, 6) is 0.523. The van der Waals surface area contributed by atoms with Gasteiger partial charge in [0.05, 0.1) is 6.10 Å². The second-order valence-corrected chi connectivity index (χ2v) is 2.77. The van der Waals surface area contributed by atoms with Crippen LogP contribution in [0, 0.1) is 5.92 Å². The Hall–Kier alpha value is 0.210. The first-order valence-electron chi connectivity index (χ1n) is 3.73. The Kier molecular flexibility index (Phi) is 5.04. The van der Waals surface area contributed by atoms with Crippen LogP contribution in [0.4, 0.5) is 0 Å². The predicted octanol–water partition coefficient (Wildman–Crippen LogP) is 0.789. The molecule has 0 radical (unpaired) electrons. The lowest BCUT2D eigenvalue weighted by Gasteiger charge is -2.10. The number of hydrogen-bond donors (Lipinski definition) is 2. The molecule has 10 heavy (non-hydrogen) atoms. The summed E-state index contributed by atoms with van der Waals surface area (Å²) in [5.41, 5.74) is 0. The monoisotopic (exact) mass is 165 g/mol. The minimum absolute atomic E-state index is 0. The molecule has 0 aliphatic carbocycles. The standard InChI is InChI=1S/C7H15NO.ClH/c1-2-3-6-4-8-5-7(6)9;/h6-9H,2-5H2,1H3;1H/t6-,7-;/m0./s1. The van der Waals surface area contributed by atoms with Crippen LogP contribution in [0.5, 0.6) is 0 Å². The molecular weight excluding hydrogens is 150 g/mol. The average Bonchev–Trinajstić information content (AvgIpc) is 2.18. The van der Waals surface area contributed by atoms with Gasteiger partial charge in [-0.15, -0.1) is 12.4 Å². The fourth-order valence-electron chi connectivity index (χ4n) is 1.38. The molecule has 1 heterocycles. The van der Waals surface area contributed by atoms with Crippen molar-refractivity contribution in [2.75, 3.05) is 13.1 Å². The number of aliphatic hydroxyl groups is 1. The highest BCUT2D eigenvalue weighted by Gasteiger charge is 2.23. The van der Waals surface area contributed by atoms with Crippen LogP contribution >= 0.6 is 12.4 Å². The van der Waals surface area contributed by atoms with E-state index in [-0.39, 0.29) is 18.5 Å². The van der Waals surface area contributed by atoms with Gasteiger partial charge < -0.3 is 10.4 Å². The number of nitrogens with one attached hydrogen (secondary N) is 1. The van der Waals surface area contributed by atoms with Gasteiger partial charge in [0.25, 0.3) is 0 Å². The molecule has 0 aromatic heterocycles. The van der Waals surface area contributed by atoms with Crippen LogP contribution in [0.3, 0.4) is 0 Å². The van der Waals surface area contributed by atoms with E-state index in [2.05, 4.69) is 12.2 Å². The first kappa shape index (κ1) is 10.2. The largest absolute Gasteiger partial charge is 0.391 e. The van der Waals surface area contributed by atoms with Crippen molar-refractivity contribution in [3.8, 4) is 0 Å². The van der Waals surface area contributed by atoms with Gasteiger partial charge in [0.1, 0.15) is 0 Å². The maximum Gasteiger partial charge on any atom is 0.0704 e. The van der Waals surface area contributed by atoms with Crippen molar-refractivity contribution >= 4 is 12.4 Å². The second-order valence-electron chi connectivity index (χ2n) is 2.77. The lowest BCUT2D eigenvalue weighted by Crippen LogP contribution is -2.17. The topological polar surface area (TPSA) is 32.3 Å². The van der Waals surface area contributed by atoms with Crippen LogP contribution in [0.1, 0.15) is 19.8 Å². The summed E-state index contributed by atoms with van der Waals surface area (Å²) in [7, 11) is 0. The molecule has 0 aromatic carbocycles. The van der Waals surface area contributed by atoms with Gasteiger partial charge >= 0.3 is 0 Å². The van der Waals surface area contributed by atoms with Crippen molar-refractivity contribution < 1.29 is 5.11 Å². The summed E-state index contributed by atoms with van der Waals surface area (Å²) >= 11 is 0. The van der Waals surface area contributed by atoms with E-state index in [9.17, 15) is 5.11 Å². The van der Waals surface area contributed by atoms with E-state index < -0.39 is 0 Å². The van der Waals surface area contributed by atoms with Gasteiger partial charge in [0.2, 0.25) is 0 Å². The quantitative estimate of drug-likeness (QED) is 0.634. The molecule has 0 unspecified atom stereocenters. The third kappa shape index (κ3) is 2.45. The fraction of sp³-hybridized carbons (Fsp3) is 1.00. The van der Waals surface area contributed by atoms with Gasteiger partial charge in [0.15, 0.2) is 0 Å². The SMILES string of the molecule is CCC[C@H]1CNC[C@@H]1O.Cl. The number of aliphatic hydroxyl groups excluding tert-OH is 1. The van der Waals surface area contributed by atoms with Crippen LogP contribution in [0.15, 0.2) is 0 Å². The minimum Gasteiger partial charge on any atom is -0.391 e. The smallest absolute Gasteiger partial charge is 0.0704 e. The Balaban J connectivity index is 0.000000810. The van der Waals surface area contributed by atoms with Crippen molar-refractivity contribution in [1.82, 2.24) is 5.32 Å². The highest BCUT2D eigenvalue weighted by molar-refractivity contribution is 5.85. The van der Waals surface area contributed by atoms with Gasteiger partial charge in [0, 0.05) is 13.1 Å².